The molecule has 8 heteroatoms. The van der Waals surface area contributed by atoms with Crippen LogP contribution in [0.1, 0.15) is 20.2 Å². The van der Waals surface area contributed by atoms with E-state index in [2.05, 4.69) is 10.3 Å². The first-order valence-electron chi connectivity index (χ1n) is 7.07. The van der Waals surface area contributed by atoms with E-state index in [1.807, 2.05) is 24.4 Å². The van der Waals surface area contributed by atoms with Crippen LogP contribution in [0.4, 0.5) is 5.69 Å². The predicted octanol–water partition coefficient (Wildman–Crippen LogP) is 4.02. The minimum Gasteiger partial charge on any atom is -0.347 e. The highest BCUT2D eigenvalue weighted by Crippen LogP contribution is 2.29. The highest BCUT2D eigenvalue weighted by Gasteiger charge is 2.19. The van der Waals surface area contributed by atoms with Crippen molar-refractivity contribution >= 4 is 34.3 Å². The van der Waals surface area contributed by atoms with Crippen molar-refractivity contribution in [3.05, 3.63) is 67.3 Å². The maximum atomic E-state index is 12.2. The second-order valence-electron chi connectivity index (χ2n) is 4.97. The molecule has 3 aromatic rings. The first-order valence-corrected chi connectivity index (χ1v) is 8.77. The summed E-state index contributed by atoms with van der Waals surface area (Å²) in [5, 5.41) is 16.7. The van der Waals surface area contributed by atoms with Crippen molar-refractivity contribution in [1.82, 2.24) is 10.3 Å². The van der Waals surface area contributed by atoms with E-state index in [0.29, 0.717) is 6.54 Å². The Labute approximate surface area is 146 Å². The van der Waals surface area contributed by atoms with E-state index in [1.54, 1.807) is 28.7 Å². The molecule has 0 aliphatic rings. The van der Waals surface area contributed by atoms with E-state index in [4.69, 9.17) is 0 Å². The number of nitrogens with one attached hydrogen (secondary N) is 1. The molecule has 1 N–H and O–H groups in total. The van der Waals surface area contributed by atoms with Gasteiger partial charge in [0, 0.05) is 16.3 Å². The van der Waals surface area contributed by atoms with E-state index in [1.165, 1.54) is 18.2 Å². The van der Waals surface area contributed by atoms with Gasteiger partial charge in [0.2, 0.25) is 0 Å². The van der Waals surface area contributed by atoms with Crippen molar-refractivity contribution < 1.29 is 9.72 Å². The maximum absolute atomic E-state index is 12.2. The minimum absolute atomic E-state index is 0.0643. The number of nitro benzene ring substituents is 1. The molecule has 0 aliphatic carbocycles. The molecule has 0 fully saturated rings. The third kappa shape index (κ3) is 3.50. The van der Waals surface area contributed by atoms with Crippen molar-refractivity contribution in [3.63, 3.8) is 0 Å². The number of hydrogen-bond donors (Lipinski definition) is 1. The number of carbonyl (C=O) groups is 1. The van der Waals surface area contributed by atoms with Crippen LogP contribution in [0.15, 0.2) is 41.8 Å². The van der Waals surface area contributed by atoms with Gasteiger partial charge in [-0.3, -0.25) is 14.9 Å². The quantitative estimate of drug-likeness (QED) is 0.551. The molecule has 0 bridgehead atoms. The summed E-state index contributed by atoms with van der Waals surface area (Å²) in [7, 11) is 0. The number of benzene rings is 1. The maximum Gasteiger partial charge on any atom is 0.282 e. The summed E-state index contributed by atoms with van der Waals surface area (Å²) >= 11 is 3.13. The van der Waals surface area contributed by atoms with Crippen LogP contribution < -0.4 is 5.32 Å². The van der Waals surface area contributed by atoms with E-state index in [-0.39, 0.29) is 11.3 Å². The third-order valence-corrected chi connectivity index (χ3v) is 5.18. The molecule has 0 radical (unpaired) electrons. The Morgan fingerprint density at radius 3 is 2.79 bits per heavy atom. The van der Waals surface area contributed by atoms with Crippen molar-refractivity contribution in [2.45, 2.75) is 13.5 Å². The number of hydrogen-bond acceptors (Lipinski definition) is 6. The fraction of sp³-hybridized carbons (Fsp3) is 0.125. The Kier molecular flexibility index (Phi) is 4.68. The molecule has 2 aromatic heterocycles. The molecule has 0 saturated heterocycles. The summed E-state index contributed by atoms with van der Waals surface area (Å²) in [5.74, 6) is -0.457. The number of rotatable bonds is 5. The summed E-state index contributed by atoms with van der Waals surface area (Å²) in [6.07, 6.45) is 0. The zero-order valence-corrected chi connectivity index (χ0v) is 14.3. The van der Waals surface area contributed by atoms with Crippen LogP contribution in [-0.4, -0.2) is 15.8 Å². The lowest BCUT2D eigenvalue weighted by molar-refractivity contribution is -0.385. The van der Waals surface area contributed by atoms with Gasteiger partial charge in [-0.25, -0.2) is 4.98 Å². The van der Waals surface area contributed by atoms with Crippen LogP contribution in [0.5, 0.6) is 0 Å². The average molecular weight is 359 g/mol. The molecule has 3 rings (SSSR count). The van der Waals surface area contributed by atoms with Crippen molar-refractivity contribution in [3.8, 4) is 10.6 Å². The topological polar surface area (TPSA) is 85.1 Å². The van der Waals surface area contributed by atoms with Gasteiger partial charge in [-0.15, -0.1) is 22.7 Å². The van der Waals surface area contributed by atoms with Crippen molar-refractivity contribution in [1.29, 1.82) is 0 Å². The second kappa shape index (κ2) is 6.90. The highest BCUT2D eigenvalue weighted by atomic mass is 32.1. The third-order valence-electron chi connectivity index (χ3n) is 3.30. The van der Waals surface area contributed by atoms with Gasteiger partial charge in [0.05, 0.1) is 27.0 Å². The molecule has 24 heavy (non-hydrogen) atoms. The smallest absolute Gasteiger partial charge is 0.282 e. The number of aromatic nitrogens is 1. The first kappa shape index (κ1) is 16.3. The summed E-state index contributed by atoms with van der Waals surface area (Å²) < 4.78 is 0. The van der Waals surface area contributed by atoms with Crippen LogP contribution in [-0.2, 0) is 6.54 Å². The van der Waals surface area contributed by atoms with Crippen LogP contribution in [0.3, 0.4) is 0 Å². The Hall–Kier alpha value is -2.58. The standard InChI is InChI=1S/C16H13N3O3S2/c1-10-18-13(9-23-10)15-7-6-11(24-15)8-17-16(20)12-4-2-3-5-14(12)19(21)22/h2-7,9H,8H2,1H3,(H,17,20). The molecule has 122 valence electrons. The normalized spacial score (nSPS) is 10.5. The molecule has 1 aromatic carbocycles. The number of aryl methyl sites for hydroxylation is 1. The van der Waals surface area contributed by atoms with Crippen LogP contribution in [0.2, 0.25) is 0 Å². The van der Waals surface area contributed by atoms with Gasteiger partial charge in [0.1, 0.15) is 5.56 Å². The molecule has 2 heterocycles. The van der Waals surface area contributed by atoms with Crippen LogP contribution in [0.25, 0.3) is 10.6 Å². The zero-order valence-electron chi connectivity index (χ0n) is 12.7. The minimum atomic E-state index is -0.553. The Balaban J connectivity index is 1.69. The van der Waals surface area contributed by atoms with E-state index >= 15 is 0 Å². The summed E-state index contributed by atoms with van der Waals surface area (Å²) in [6, 6.07) is 9.81. The van der Waals surface area contributed by atoms with Gasteiger partial charge in [0.15, 0.2) is 0 Å². The number of nitrogens with zero attached hydrogens (tertiary/aromatic N) is 2. The Bertz CT molecular complexity index is 901. The van der Waals surface area contributed by atoms with E-state index in [9.17, 15) is 14.9 Å². The number of nitro groups is 1. The summed E-state index contributed by atoms with van der Waals surface area (Å²) in [4.78, 5) is 29.1. The largest absolute Gasteiger partial charge is 0.347 e. The number of amides is 1. The zero-order chi connectivity index (χ0) is 17.1. The number of para-hydroxylation sites is 1. The molecule has 0 saturated carbocycles. The molecular weight excluding hydrogens is 346 g/mol. The molecule has 0 unspecified atom stereocenters. The fourth-order valence-electron chi connectivity index (χ4n) is 2.17. The first-order chi connectivity index (χ1) is 11.5. The summed E-state index contributed by atoms with van der Waals surface area (Å²) in [5.41, 5.74) is 0.799. The van der Waals surface area contributed by atoms with Gasteiger partial charge in [-0.05, 0) is 25.1 Å². The number of carbonyl (C=O) groups excluding carboxylic acids is 1. The van der Waals surface area contributed by atoms with Gasteiger partial charge in [-0.1, -0.05) is 12.1 Å². The molecule has 6 nitrogen and oxygen atoms in total. The van der Waals surface area contributed by atoms with Crippen molar-refractivity contribution in [2.75, 3.05) is 0 Å². The second-order valence-corrected chi connectivity index (χ2v) is 7.21. The van der Waals surface area contributed by atoms with Gasteiger partial charge < -0.3 is 5.32 Å². The number of thiophene rings is 1. The van der Waals surface area contributed by atoms with Crippen LogP contribution >= 0.6 is 22.7 Å². The fourth-order valence-corrected chi connectivity index (χ4v) is 3.77. The van der Waals surface area contributed by atoms with Gasteiger partial charge >= 0.3 is 0 Å². The number of thiazole rings is 1. The average Bonchev–Trinajstić information content (AvgIpc) is 3.21. The van der Waals surface area contributed by atoms with Gasteiger partial charge in [0.25, 0.3) is 11.6 Å². The SMILES string of the molecule is Cc1nc(-c2ccc(CNC(=O)c3ccccc3[N+](=O)[O-])s2)cs1. The molecule has 0 aliphatic heterocycles. The van der Waals surface area contributed by atoms with E-state index < -0.39 is 10.8 Å². The molecular formula is C16H13N3O3S2. The monoisotopic (exact) mass is 359 g/mol. The lowest BCUT2D eigenvalue weighted by Crippen LogP contribution is -2.23. The molecule has 0 atom stereocenters. The lowest BCUT2D eigenvalue weighted by atomic mass is 10.1. The Morgan fingerprint density at radius 2 is 2.08 bits per heavy atom. The summed E-state index contributed by atoms with van der Waals surface area (Å²) in [6.45, 7) is 2.27. The Morgan fingerprint density at radius 1 is 1.29 bits per heavy atom. The molecule has 0 spiro atoms. The van der Waals surface area contributed by atoms with Crippen LogP contribution in [0, 0.1) is 17.0 Å². The predicted molar refractivity (Wildman–Crippen MR) is 94.4 cm³/mol. The highest BCUT2D eigenvalue weighted by molar-refractivity contribution is 7.16. The van der Waals surface area contributed by atoms with Crippen molar-refractivity contribution in [2.24, 2.45) is 0 Å². The molecule has 1 amide bonds. The lowest BCUT2D eigenvalue weighted by Gasteiger charge is -2.04. The van der Waals surface area contributed by atoms with Gasteiger partial charge in [-0.2, -0.15) is 0 Å². The van der Waals surface area contributed by atoms with E-state index in [0.717, 1.165) is 20.5 Å².